The number of nitrogens with one attached hydrogen (secondary N) is 1. The van der Waals surface area contributed by atoms with E-state index in [0.29, 0.717) is 49.2 Å². The molecule has 7 heteroatoms. The molecule has 1 aromatic carbocycles. The van der Waals surface area contributed by atoms with Crippen molar-refractivity contribution in [2.24, 2.45) is 11.1 Å². The third-order valence-electron chi connectivity index (χ3n) is 5.03. The van der Waals surface area contributed by atoms with Crippen molar-refractivity contribution in [3.63, 3.8) is 0 Å². The summed E-state index contributed by atoms with van der Waals surface area (Å²) in [4.78, 5) is 12.4. The van der Waals surface area contributed by atoms with Gasteiger partial charge in [0.25, 0.3) is 0 Å². The molecule has 0 saturated heterocycles. The van der Waals surface area contributed by atoms with Crippen molar-refractivity contribution in [1.82, 2.24) is 5.32 Å². The number of amides is 1. The molecule has 2 aliphatic rings. The summed E-state index contributed by atoms with van der Waals surface area (Å²) >= 11 is 6.23. The summed E-state index contributed by atoms with van der Waals surface area (Å²) in [5.74, 6) is 1.28. The van der Waals surface area contributed by atoms with Crippen LogP contribution in [0, 0.1) is 5.41 Å². The number of rotatable bonds is 5. The van der Waals surface area contributed by atoms with Crippen molar-refractivity contribution < 1.29 is 14.3 Å². The molecule has 0 unspecified atom stereocenters. The van der Waals surface area contributed by atoms with Crippen LogP contribution in [0.3, 0.4) is 0 Å². The van der Waals surface area contributed by atoms with Crippen LogP contribution >= 0.6 is 24.0 Å². The summed E-state index contributed by atoms with van der Waals surface area (Å²) in [5, 5.41) is 3.51. The van der Waals surface area contributed by atoms with Gasteiger partial charge in [-0.05, 0) is 42.5 Å². The van der Waals surface area contributed by atoms with E-state index in [1.807, 2.05) is 12.1 Å². The summed E-state index contributed by atoms with van der Waals surface area (Å²) in [6.45, 7) is 2.02. The Hall–Kier alpha value is -1.17. The zero-order valence-corrected chi connectivity index (χ0v) is 15.9. The third-order valence-corrected chi connectivity index (χ3v) is 5.31. The van der Waals surface area contributed by atoms with Gasteiger partial charge in [0.05, 0.1) is 5.02 Å². The lowest BCUT2D eigenvalue weighted by Gasteiger charge is -2.35. The van der Waals surface area contributed by atoms with Crippen LogP contribution in [0.25, 0.3) is 0 Å². The molecule has 140 valence electrons. The SMILES string of the molecule is Cl.NCC1(CC(=O)NCc2cc(Cl)c3c(c2)OCCO3)CCCCC1. The van der Waals surface area contributed by atoms with Gasteiger partial charge in [0.2, 0.25) is 5.91 Å². The van der Waals surface area contributed by atoms with Gasteiger partial charge in [-0.15, -0.1) is 12.4 Å². The second-order valence-corrected chi connectivity index (χ2v) is 7.23. The van der Waals surface area contributed by atoms with Crippen molar-refractivity contribution in [3.05, 3.63) is 22.7 Å². The number of halogens is 2. The number of nitrogens with two attached hydrogens (primary N) is 1. The zero-order valence-electron chi connectivity index (χ0n) is 14.3. The molecule has 1 aromatic rings. The molecule has 1 aliphatic carbocycles. The van der Waals surface area contributed by atoms with Crippen LogP contribution in [0.15, 0.2) is 12.1 Å². The Morgan fingerprint density at radius 2 is 1.92 bits per heavy atom. The van der Waals surface area contributed by atoms with Crippen LogP contribution in [0.2, 0.25) is 5.02 Å². The molecule has 3 rings (SSSR count). The third kappa shape index (κ3) is 4.93. The standard InChI is InChI=1S/C18H25ClN2O3.ClH/c19-14-8-13(9-15-17(14)24-7-6-23-15)11-21-16(22)10-18(12-20)4-2-1-3-5-18;/h8-9H,1-7,10-12,20H2,(H,21,22);1H. The second kappa shape index (κ2) is 8.97. The summed E-state index contributed by atoms with van der Waals surface area (Å²) in [5.41, 5.74) is 6.85. The van der Waals surface area contributed by atoms with Gasteiger partial charge in [0.15, 0.2) is 11.5 Å². The Kier molecular flexibility index (Phi) is 7.23. The summed E-state index contributed by atoms with van der Waals surface area (Å²) in [7, 11) is 0. The molecular weight excluding hydrogens is 363 g/mol. The number of benzene rings is 1. The predicted octanol–water partition coefficient (Wildman–Crippen LogP) is 3.45. The molecule has 0 radical (unpaired) electrons. The number of hydrogen-bond acceptors (Lipinski definition) is 4. The Bertz CT molecular complexity index is 604. The molecule has 0 bridgehead atoms. The number of fused-ring (bicyclic) bond motifs is 1. The Morgan fingerprint density at radius 1 is 1.20 bits per heavy atom. The van der Waals surface area contributed by atoms with Crippen LogP contribution in [-0.4, -0.2) is 25.7 Å². The smallest absolute Gasteiger partial charge is 0.220 e. The summed E-state index contributed by atoms with van der Waals surface area (Å²) in [6, 6.07) is 3.69. The highest BCUT2D eigenvalue weighted by molar-refractivity contribution is 6.32. The molecule has 0 aromatic heterocycles. The Labute approximate surface area is 160 Å². The fourth-order valence-electron chi connectivity index (χ4n) is 3.62. The molecule has 1 heterocycles. The van der Waals surface area contributed by atoms with Crippen LogP contribution in [0.5, 0.6) is 11.5 Å². The van der Waals surface area contributed by atoms with Crippen molar-refractivity contribution in [3.8, 4) is 11.5 Å². The lowest BCUT2D eigenvalue weighted by Crippen LogP contribution is -2.38. The van der Waals surface area contributed by atoms with E-state index >= 15 is 0 Å². The normalized spacial score (nSPS) is 18.2. The Morgan fingerprint density at radius 3 is 2.64 bits per heavy atom. The van der Waals surface area contributed by atoms with Gasteiger partial charge in [-0.25, -0.2) is 0 Å². The minimum Gasteiger partial charge on any atom is -0.486 e. The second-order valence-electron chi connectivity index (χ2n) is 6.82. The Balaban J connectivity index is 0.00000225. The minimum atomic E-state index is -0.0210. The number of carbonyl (C=O) groups excluding carboxylic acids is 1. The van der Waals surface area contributed by atoms with Gasteiger partial charge in [-0.1, -0.05) is 30.9 Å². The van der Waals surface area contributed by atoms with E-state index in [0.717, 1.165) is 18.4 Å². The number of hydrogen-bond donors (Lipinski definition) is 2. The molecule has 1 amide bonds. The van der Waals surface area contributed by atoms with Gasteiger partial charge in [0.1, 0.15) is 13.2 Å². The molecule has 3 N–H and O–H groups in total. The monoisotopic (exact) mass is 388 g/mol. The van der Waals surface area contributed by atoms with Crippen molar-refractivity contribution >= 4 is 29.9 Å². The van der Waals surface area contributed by atoms with E-state index in [2.05, 4.69) is 5.32 Å². The average molecular weight is 389 g/mol. The fraction of sp³-hybridized carbons (Fsp3) is 0.611. The summed E-state index contributed by atoms with van der Waals surface area (Å²) in [6.07, 6.45) is 6.19. The first-order valence-electron chi connectivity index (χ1n) is 8.67. The first kappa shape index (κ1) is 20.1. The topological polar surface area (TPSA) is 73.6 Å². The molecule has 0 atom stereocenters. The zero-order chi connectivity index (χ0) is 17.0. The van der Waals surface area contributed by atoms with E-state index in [-0.39, 0.29) is 23.7 Å². The number of ether oxygens (including phenoxy) is 2. The largest absolute Gasteiger partial charge is 0.486 e. The quantitative estimate of drug-likeness (QED) is 0.809. The number of carbonyl (C=O) groups is 1. The van der Waals surface area contributed by atoms with E-state index < -0.39 is 0 Å². The molecular formula is C18H26Cl2N2O3. The molecule has 0 spiro atoms. The first-order chi connectivity index (χ1) is 11.6. The average Bonchev–Trinajstić information content (AvgIpc) is 2.61. The van der Waals surface area contributed by atoms with Gasteiger partial charge >= 0.3 is 0 Å². The lowest BCUT2D eigenvalue weighted by atomic mass is 9.71. The molecule has 25 heavy (non-hydrogen) atoms. The van der Waals surface area contributed by atoms with Crippen molar-refractivity contribution in [2.75, 3.05) is 19.8 Å². The lowest BCUT2D eigenvalue weighted by molar-refractivity contribution is -0.124. The van der Waals surface area contributed by atoms with E-state index in [1.165, 1.54) is 19.3 Å². The maximum atomic E-state index is 12.4. The molecule has 1 fully saturated rings. The van der Waals surface area contributed by atoms with Gasteiger partial charge < -0.3 is 20.5 Å². The van der Waals surface area contributed by atoms with Gasteiger partial charge in [-0.3, -0.25) is 4.79 Å². The molecule has 5 nitrogen and oxygen atoms in total. The minimum absolute atomic E-state index is 0. The van der Waals surface area contributed by atoms with E-state index in [1.54, 1.807) is 0 Å². The van der Waals surface area contributed by atoms with E-state index in [9.17, 15) is 4.79 Å². The van der Waals surface area contributed by atoms with Crippen LogP contribution < -0.4 is 20.5 Å². The maximum absolute atomic E-state index is 12.4. The van der Waals surface area contributed by atoms with Crippen molar-refractivity contribution in [1.29, 1.82) is 0 Å². The highest BCUT2D eigenvalue weighted by Gasteiger charge is 2.32. The van der Waals surface area contributed by atoms with Crippen molar-refractivity contribution in [2.45, 2.75) is 45.1 Å². The van der Waals surface area contributed by atoms with Crippen LogP contribution in [0.1, 0.15) is 44.1 Å². The van der Waals surface area contributed by atoms with Gasteiger partial charge in [-0.2, -0.15) is 0 Å². The molecule has 1 aliphatic heterocycles. The first-order valence-corrected chi connectivity index (χ1v) is 9.04. The highest BCUT2D eigenvalue weighted by atomic mass is 35.5. The van der Waals surface area contributed by atoms with Gasteiger partial charge in [0, 0.05) is 13.0 Å². The van der Waals surface area contributed by atoms with E-state index in [4.69, 9.17) is 26.8 Å². The highest BCUT2D eigenvalue weighted by Crippen LogP contribution is 2.39. The summed E-state index contributed by atoms with van der Waals surface area (Å²) < 4.78 is 11.1. The van der Waals surface area contributed by atoms with Crippen LogP contribution in [0.4, 0.5) is 0 Å². The van der Waals surface area contributed by atoms with Crippen LogP contribution in [-0.2, 0) is 11.3 Å². The maximum Gasteiger partial charge on any atom is 0.220 e. The molecule has 1 saturated carbocycles. The fourth-order valence-corrected chi connectivity index (χ4v) is 3.91. The predicted molar refractivity (Wildman–Crippen MR) is 101 cm³/mol.